The summed E-state index contributed by atoms with van der Waals surface area (Å²) in [7, 11) is 2.21. The van der Waals surface area contributed by atoms with Gasteiger partial charge in [-0.1, -0.05) is 11.6 Å². The van der Waals surface area contributed by atoms with Gasteiger partial charge in [-0.15, -0.1) is 11.3 Å². The minimum absolute atomic E-state index is 0.0783. The Morgan fingerprint density at radius 3 is 2.57 bits per heavy atom. The molecule has 0 aromatic carbocycles. The van der Waals surface area contributed by atoms with Crippen LogP contribution in [-0.2, 0) is 13.8 Å². The average molecular weight is 275 g/mol. The van der Waals surface area contributed by atoms with E-state index in [1.807, 2.05) is 0 Å². The molecule has 0 saturated heterocycles. The molecule has 0 amide bonds. The summed E-state index contributed by atoms with van der Waals surface area (Å²) in [5.74, 6) is -0.777. The van der Waals surface area contributed by atoms with Gasteiger partial charge in [0.2, 0.25) is 0 Å². The molecule has 0 unspecified atom stereocenters. The summed E-state index contributed by atoms with van der Waals surface area (Å²) in [6.07, 6.45) is 0. The number of hydrogen-bond acceptors (Lipinski definition) is 5. The normalized spacial score (nSPS) is 11.4. The molecule has 0 fully saturated rings. The highest BCUT2D eigenvalue weighted by molar-refractivity contribution is 8.14. The Labute approximate surface area is 93.8 Å². The van der Waals surface area contributed by atoms with Gasteiger partial charge < -0.3 is 4.74 Å². The molecule has 0 aliphatic rings. The first-order valence-corrected chi connectivity index (χ1v) is 6.74. The first-order valence-electron chi connectivity index (χ1n) is 3.18. The lowest BCUT2D eigenvalue weighted by molar-refractivity contribution is 0.0602. The van der Waals surface area contributed by atoms with Crippen molar-refractivity contribution in [3.63, 3.8) is 0 Å². The molecule has 8 heteroatoms. The molecule has 0 aliphatic heterocycles. The van der Waals surface area contributed by atoms with Gasteiger partial charge in [-0.25, -0.2) is 13.2 Å². The summed E-state index contributed by atoms with van der Waals surface area (Å²) in [6.45, 7) is 0. The lowest BCUT2D eigenvalue weighted by Crippen LogP contribution is -2.03. The Morgan fingerprint density at radius 1 is 1.57 bits per heavy atom. The fourth-order valence-corrected chi connectivity index (χ4v) is 3.99. The van der Waals surface area contributed by atoms with Crippen LogP contribution in [0, 0.1) is 0 Å². The smallest absolute Gasteiger partial charge is 0.349 e. The third-order valence-electron chi connectivity index (χ3n) is 1.32. The number of carbonyl (C=O) groups excluding carboxylic acids is 1. The highest BCUT2D eigenvalue weighted by atomic mass is 35.7. The largest absolute Gasteiger partial charge is 0.465 e. The number of thiophene rings is 1. The van der Waals surface area contributed by atoms with Gasteiger partial charge in [-0.05, 0) is 0 Å². The Hall–Kier alpha value is -0.300. The second-order valence-electron chi connectivity index (χ2n) is 2.17. The van der Waals surface area contributed by atoms with E-state index in [0.29, 0.717) is 0 Å². The lowest BCUT2D eigenvalue weighted by Gasteiger charge is -1.98. The zero-order valence-electron chi connectivity index (χ0n) is 6.78. The molecule has 14 heavy (non-hydrogen) atoms. The van der Waals surface area contributed by atoms with Crippen LogP contribution in [0.3, 0.4) is 0 Å². The molecule has 0 saturated carbocycles. The highest BCUT2D eigenvalue weighted by Crippen LogP contribution is 2.33. The molecule has 1 aromatic rings. The molecular formula is C6H4Cl2O4S2. The topological polar surface area (TPSA) is 60.4 Å². The van der Waals surface area contributed by atoms with Gasteiger partial charge in [-0.3, -0.25) is 0 Å². The summed E-state index contributed by atoms with van der Waals surface area (Å²) in [5, 5.41) is 1.23. The van der Waals surface area contributed by atoms with Crippen LogP contribution in [0.5, 0.6) is 0 Å². The zero-order chi connectivity index (χ0) is 10.9. The average Bonchev–Trinajstić information content (AvgIpc) is 2.44. The molecule has 78 valence electrons. The maximum absolute atomic E-state index is 11.1. The van der Waals surface area contributed by atoms with Crippen molar-refractivity contribution >= 4 is 48.6 Å². The lowest BCUT2D eigenvalue weighted by atomic mass is 10.5. The van der Waals surface area contributed by atoms with Crippen molar-refractivity contribution in [2.24, 2.45) is 0 Å². The summed E-state index contributed by atoms with van der Waals surface area (Å²) < 4.78 is 26.4. The number of halogens is 2. The fraction of sp³-hybridized carbons (Fsp3) is 0.167. The van der Waals surface area contributed by atoms with Gasteiger partial charge >= 0.3 is 5.97 Å². The van der Waals surface area contributed by atoms with Crippen LogP contribution in [0.25, 0.3) is 0 Å². The van der Waals surface area contributed by atoms with E-state index < -0.39 is 19.9 Å². The maximum Gasteiger partial charge on any atom is 0.349 e. The van der Waals surface area contributed by atoms with Crippen molar-refractivity contribution < 1.29 is 17.9 Å². The van der Waals surface area contributed by atoms with E-state index in [0.717, 1.165) is 18.4 Å². The van der Waals surface area contributed by atoms with Crippen LogP contribution in [0.1, 0.15) is 9.67 Å². The standard InChI is InChI=1S/C6H4Cl2O4S2/c1-12-6(9)4-5(14(8,10)11)3(7)2-13-4/h2H,1H3. The molecule has 0 atom stereocenters. The van der Waals surface area contributed by atoms with E-state index in [1.165, 1.54) is 5.38 Å². The quantitative estimate of drug-likeness (QED) is 0.612. The van der Waals surface area contributed by atoms with Crippen molar-refractivity contribution in [2.45, 2.75) is 4.90 Å². The van der Waals surface area contributed by atoms with E-state index in [9.17, 15) is 13.2 Å². The third kappa shape index (κ3) is 2.20. The van der Waals surface area contributed by atoms with Gasteiger partial charge in [0.15, 0.2) is 0 Å². The highest BCUT2D eigenvalue weighted by Gasteiger charge is 2.26. The van der Waals surface area contributed by atoms with Gasteiger partial charge in [0, 0.05) is 16.1 Å². The van der Waals surface area contributed by atoms with Gasteiger partial charge in [0.25, 0.3) is 9.05 Å². The van der Waals surface area contributed by atoms with Crippen LogP contribution in [-0.4, -0.2) is 21.5 Å². The number of rotatable bonds is 2. The first kappa shape index (κ1) is 11.8. The molecular weight excluding hydrogens is 271 g/mol. The van der Waals surface area contributed by atoms with Crippen molar-refractivity contribution in [1.82, 2.24) is 0 Å². The monoisotopic (exact) mass is 274 g/mol. The molecule has 1 aromatic heterocycles. The number of hydrogen-bond donors (Lipinski definition) is 0. The predicted molar refractivity (Wildman–Crippen MR) is 53.7 cm³/mol. The third-order valence-corrected chi connectivity index (χ3v) is 4.32. The van der Waals surface area contributed by atoms with Gasteiger partial charge in [0.05, 0.1) is 12.1 Å². The summed E-state index contributed by atoms with van der Waals surface area (Å²) in [6, 6.07) is 0. The summed E-state index contributed by atoms with van der Waals surface area (Å²) in [4.78, 5) is 10.6. The molecule has 0 radical (unpaired) electrons. The second-order valence-corrected chi connectivity index (χ2v) is 5.96. The Kier molecular flexibility index (Phi) is 3.41. The van der Waals surface area contributed by atoms with Crippen molar-refractivity contribution in [3.05, 3.63) is 15.3 Å². The predicted octanol–water partition coefficient (Wildman–Crippen LogP) is 2.12. The molecule has 0 aliphatic carbocycles. The van der Waals surface area contributed by atoms with E-state index in [2.05, 4.69) is 4.74 Å². The van der Waals surface area contributed by atoms with Crippen molar-refractivity contribution in [3.8, 4) is 0 Å². The van der Waals surface area contributed by atoms with Gasteiger partial charge in [0.1, 0.15) is 9.77 Å². The van der Waals surface area contributed by atoms with Crippen molar-refractivity contribution in [2.75, 3.05) is 7.11 Å². The molecule has 0 bridgehead atoms. The number of ether oxygens (including phenoxy) is 1. The van der Waals surface area contributed by atoms with Gasteiger partial charge in [-0.2, -0.15) is 0 Å². The minimum atomic E-state index is -4.03. The Bertz CT molecular complexity index is 462. The van der Waals surface area contributed by atoms with E-state index in [-0.39, 0.29) is 9.90 Å². The van der Waals surface area contributed by atoms with Crippen molar-refractivity contribution in [1.29, 1.82) is 0 Å². The zero-order valence-corrected chi connectivity index (χ0v) is 9.93. The Morgan fingerprint density at radius 2 is 2.14 bits per heavy atom. The molecule has 0 N–H and O–H groups in total. The molecule has 4 nitrogen and oxygen atoms in total. The van der Waals surface area contributed by atoms with Crippen LogP contribution < -0.4 is 0 Å². The van der Waals surface area contributed by atoms with Crippen LogP contribution in [0.2, 0.25) is 5.02 Å². The second kappa shape index (κ2) is 4.06. The summed E-state index contributed by atoms with van der Waals surface area (Å²) >= 11 is 6.44. The fourth-order valence-electron chi connectivity index (χ4n) is 0.787. The van der Waals surface area contributed by atoms with E-state index in [1.54, 1.807) is 0 Å². The maximum atomic E-state index is 11.1. The number of methoxy groups -OCH3 is 1. The minimum Gasteiger partial charge on any atom is -0.465 e. The van der Waals surface area contributed by atoms with Crippen LogP contribution in [0.4, 0.5) is 0 Å². The Balaban J connectivity index is 3.42. The van der Waals surface area contributed by atoms with Crippen LogP contribution >= 0.6 is 33.6 Å². The SMILES string of the molecule is COC(=O)c1scc(Cl)c1S(=O)(=O)Cl. The number of carbonyl (C=O) groups is 1. The molecule has 1 heterocycles. The number of esters is 1. The molecule has 0 spiro atoms. The molecule has 1 rings (SSSR count). The van der Waals surface area contributed by atoms with Crippen LogP contribution in [0.15, 0.2) is 10.3 Å². The summed E-state index contributed by atoms with van der Waals surface area (Å²) in [5.41, 5.74) is 0. The van der Waals surface area contributed by atoms with E-state index in [4.69, 9.17) is 22.3 Å². The first-order chi connectivity index (χ1) is 6.38. The van der Waals surface area contributed by atoms with E-state index >= 15 is 0 Å².